The van der Waals surface area contributed by atoms with Crippen molar-refractivity contribution < 1.29 is 9.47 Å². The Labute approximate surface area is 215 Å². The van der Waals surface area contributed by atoms with Gasteiger partial charge in [-0.15, -0.1) is 0 Å². The van der Waals surface area contributed by atoms with Crippen LogP contribution in [0.3, 0.4) is 0 Å². The van der Waals surface area contributed by atoms with Crippen LogP contribution in [0.1, 0.15) is 22.3 Å². The van der Waals surface area contributed by atoms with Crippen molar-refractivity contribution in [3.63, 3.8) is 0 Å². The fourth-order valence-corrected chi connectivity index (χ4v) is 6.27. The van der Waals surface area contributed by atoms with Crippen molar-refractivity contribution >= 4 is 10.8 Å². The van der Waals surface area contributed by atoms with E-state index < -0.39 is 5.41 Å². The molecule has 0 bridgehead atoms. The average molecular weight is 475 g/mol. The molecule has 0 amide bonds. The first-order chi connectivity index (χ1) is 18.3. The number of rotatable bonds is 2. The SMILES string of the molecule is c1ccc2c(c1)Oc1cccc3c1C2(c1ccc(-c2cccc4ccccc24)cc1)c1ccccc1O3. The van der Waals surface area contributed by atoms with Crippen molar-refractivity contribution in [2.45, 2.75) is 5.41 Å². The Bertz CT molecular complexity index is 1760. The highest BCUT2D eigenvalue weighted by atomic mass is 16.5. The minimum atomic E-state index is -0.549. The zero-order valence-electron chi connectivity index (χ0n) is 20.0. The second kappa shape index (κ2) is 7.59. The van der Waals surface area contributed by atoms with Crippen LogP contribution in [-0.4, -0.2) is 0 Å². The van der Waals surface area contributed by atoms with E-state index in [1.54, 1.807) is 0 Å². The standard InChI is InChI=1S/C35H22O2/c1-2-11-26-23(9-1)10-7-12-27(26)24-19-21-25(22-20-24)35-28-13-3-5-15-30(28)36-32-17-8-18-33(34(32)35)37-31-16-6-4-14-29(31)35/h1-22H. The molecule has 6 aromatic carbocycles. The summed E-state index contributed by atoms with van der Waals surface area (Å²) in [4.78, 5) is 0. The molecule has 2 nitrogen and oxygen atoms in total. The number of hydrogen-bond acceptors (Lipinski definition) is 2. The fraction of sp³-hybridized carbons (Fsp3) is 0.0286. The van der Waals surface area contributed by atoms with Gasteiger partial charge in [0.1, 0.15) is 23.0 Å². The van der Waals surface area contributed by atoms with E-state index in [9.17, 15) is 0 Å². The molecule has 0 fully saturated rings. The molecule has 2 heterocycles. The minimum absolute atomic E-state index is 0.549. The number of fused-ring (bicyclic) bond motifs is 5. The van der Waals surface area contributed by atoms with E-state index in [-0.39, 0.29) is 0 Å². The van der Waals surface area contributed by atoms with Gasteiger partial charge in [0.15, 0.2) is 0 Å². The zero-order chi connectivity index (χ0) is 24.4. The molecule has 174 valence electrons. The van der Waals surface area contributed by atoms with Crippen LogP contribution in [-0.2, 0) is 5.41 Å². The van der Waals surface area contributed by atoms with Gasteiger partial charge in [-0.1, -0.05) is 109 Å². The van der Waals surface area contributed by atoms with Crippen LogP contribution in [0.2, 0.25) is 0 Å². The first-order valence-electron chi connectivity index (χ1n) is 12.6. The van der Waals surface area contributed by atoms with E-state index in [1.165, 1.54) is 27.5 Å². The Kier molecular flexibility index (Phi) is 4.18. The smallest absolute Gasteiger partial charge is 0.135 e. The van der Waals surface area contributed by atoms with Crippen LogP contribution in [0.4, 0.5) is 0 Å². The summed E-state index contributed by atoms with van der Waals surface area (Å²) in [7, 11) is 0. The normalized spacial score (nSPS) is 14.1. The fourth-order valence-electron chi connectivity index (χ4n) is 6.27. The summed E-state index contributed by atoms with van der Waals surface area (Å²) >= 11 is 0. The molecule has 0 unspecified atom stereocenters. The Hall–Kier alpha value is -4.82. The molecule has 2 aliphatic rings. The van der Waals surface area contributed by atoms with Gasteiger partial charge < -0.3 is 9.47 Å². The molecule has 0 atom stereocenters. The summed E-state index contributed by atoms with van der Waals surface area (Å²) in [6, 6.07) is 47.0. The van der Waals surface area contributed by atoms with Crippen molar-refractivity contribution in [2.75, 3.05) is 0 Å². The summed E-state index contributed by atoms with van der Waals surface area (Å²) in [5.41, 5.74) is 6.40. The van der Waals surface area contributed by atoms with E-state index in [0.717, 1.165) is 39.7 Å². The second-order valence-electron chi connectivity index (χ2n) is 9.68. The first-order valence-corrected chi connectivity index (χ1v) is 12.6. The lowest BCUT2D eigenvalue weighted by atomic mass is 9.62. The summed E-state index contributed by atoms with van der Waals surface area (Å²) in [5.74, 6) is 3.43. The van der Waals surface area contributed by atoms with Gasteiger partial charge in [0, 0.05) is 11.1 Å². The van der Waals surface area contributed by atoms with E-state index >= 15 is 0 Å². The first kappa shape index (κ1) is 20.4. The van der Waals surface area contributed by atoms with E-state index in [4.69, 9.17) is 9.47 Å². The predicted octanol–water partition coefficient (Wildman–Crippen LogP) is 9.10. The van der Waals surface area contributed by atoms with Gasteiger partial charge in [0.2, 0.25) is 0 Å². The molecular weight excluding hydrogens is 452 g/mol. The largest absolute Gasteiger partial charge is 0.457 e. The Morgan fingerprint density at radius 3 is 1.68 bits per heavy atom. The number of para-hydroxylation sites is 2. The molecule has 2 aliphatic heterocycles. The van der Waals surface area contributed by atoms with Gasteiger partial charge in [-0.25, -0.2) is 0 Å². The third kappa shape index (κ3) is 2.75. The zero-order valence-corrected chi connectivity index (χ0v) is 20.0. The monoisotopic (exact) mass is 474 g/mol. The van der Waals surface area contributed by atoms with Gasteiger partial charge >= 0.3 is 0 Å². The molecule has 0 saturated carbocycles. The van der Waals surface area contributed by atoms with Gasteiger partial charge in [-0.05, 0) is 51.7 Å². The van der Waals surface area contributed by atoms with Crippen LogP contribution in [0.5, 0.6) is 23.0 Å². The van der Waals surface area contributed by atoms with Crippen LogP contribution < -0.4 is 9.47 Å². The van der Waals surface area contributed by atoms with Crippen molar-refractivity contribution in [1.29, 1.82) is 0 Å². The van der Waals surface area contributed by atoms with Gasteiger partial charge in [-0.3, -0.25) is 0 Å². The maximum absolute atomic E-state index is 6.45. The third-order valence-electron chi connectivity index (χ3n) is 7.80. The summed E-state index contributed by atoms with van der Waals surface area (Å²) < 4.78 is 12.9. The van der Waals surface area contributed by atoms with Gasteiger partial charge in [-0.2, -0.15) is 0 Å². The molecule has 0 spiro atoms. The molecular formula is C35H22O2. The predicted molar refractivity (Wildman–Crippen MR) is 148 cm³/mol. The van der Waals surface area contributed by atoms with Crippen molar-refractivity contribution in [1.82, 2.24) is 0 Å². The number of hydrogen-bond donors (Lipinski definition) is 0. The minimum Gasteiger partial charge on any atom is -0.457 e. The summed E-state index contributed by atoms with van der Waals surface area (Å²) in [5, 5.41) is 2.51. The van der Waals surface area contributed by atoms with E-state index in [0.29, 0.717) is 0 Å². The van der Waals surface area contributed by atoms with Crippen LogP contribution in [0, 0.1) is 0 Å². The van der Waals surface area contributed by atoms with E-state index in [2.05, 4.69) is 103 Å². The molecule has 0 radical (unpaired) electrons. The second-order valence-corrected chi connectivity index (χ2v) is 9.68. The van der Waals surface area contributed by atoms with Crippen molar-refractivity contribution in [2.24, 2.45) is 0 Å². The lowest BCUT2D eigenvalue weighted by Crippen LogP contribution is -2.36. The Balaban J connectivity index is 1.42. The summed E-state index contributed by atoms with van der Waals surface area (Å²) in [6.45, 7) is 0. The lowest BCUT2D eigenvalue weighted by Gasteiger charge is -2.45. The van der Waals surface area contributed by atoms with Crippen LogP contribution >= 0.6 is 0 Å². The van der Waals surface area contributed by atoms with Crippen LogP contribution in [0.15, 0.2) is 133 Å². The maximum Gasteiger partial charge on any atom is 0.135 e. The maximum atomic E-state index is 6.45. The van der Waals surface area contributed by atoms with Gasteiger partial charge in [0.05, 0.1) is 11.0 Å². The molecule has 6 aromatic rings. The number of ether oxygens (including phenoxy) is 2. The highest BCUT2D eigenvalue weighted by Gasteiger charge is 2.50. The molecule has 0 saturated heterocycles. The molecule has 2 heteroatoms. The average Bonchev–Trinajstić information content (AvgIpc) is 2.97. The highest BCUT2D eigenvalue weighted by molar-refractivity contribution is 5.96. The van der Waals surface area contributed by atoms with Crippen molar-refractivity contribution in [3.8, 4) is 34.1 Å². The molecule has 0 N–H and O–H groups in total. The highest BCUT2D eigenvalue weighted by Crippen LogP contribution is 2.62. The number of benzene rings is 6. The summed E-state index contributed by atoms with van der Waals surface area (Å²) in [6.07, 6.45) is 0. The quantitative estimate of drug-likeness (QED) is 0.249. The molecule has 8 rings (SSSR count). The van der Waals surface area contributed by atoms with Crippen LogP contribution in [0.25, 0.3) is 21.9 Å². The van der Waals surface area contributed by atoms with Crippen molar-refractivity contribution in [3.05, 3.63) is 156 Å². The molecule has 0 aliphatic carbocycles. The Morgan fingerprint density at radius 1 is 0.432 bits per heavy atom. The molecule has 0 aromatic heterocycles. The topological polar surface area (TPSA) is 18.5 Å². The molecule has 37 heavy (non-hydrogen) atoms. The van der Waals surface area contributed by atoms with Gasteiger partial charge in [0.25, 0.3) is 0 Å². The van der Waals surface area contributed by atoms with E-state index in [1.807, 2.05) is 30.3 Å². The Morgan fingerprint density at radius 2 is 0.973 bits per heavy atom. The third-order valence-corrected chi connectivity index (χ3v) is 7.80. The lowest BCUT2D eigenvalue weighted by molar-refractivity contribution is 0.385.